The van der Waals surface area contributed by atoms with Gasteiger partial charge in [-0.25, -0.2) is 0 Å². The van der Waals surface area contributed by atoms with Crippen LogP contribution in [0.25, 0.3) is 0 Å². The summed E-state index contributed by atoms with van der Waals surface area (Å²) in [4.78, 5) is 0. The molecule has 2 rings (SSSR count). The van der Waals surface area contributed by atoms with Gasteiger partial charge >= 0.3 is 0 Å². The fraction of sp³-hybridized carbons (Fsp3) is 0.600. The predicted molar refractivity (Wildman–Crippen MR) is 87.6 cm³/mol. The number of benzene rings is 1. The normalized spacial score (nSPS) is 24.6. The third kappa shape index (κ3) is 4.04. The van der Waals surface area contributed by atoms with E-state index in [9.17, 15) is 0 Å². The van der Waals surface area contributed by atoms with Crippen molar-refractivity contribution >= 4 is 35.0 Å². The van der Waals surface area contributed by atoms with Crippen molar-refractivity contribution in [3.8, 4) is 0 Å². The van der Waals surface area contributed by atoms with Gasteiger partial charge in [0.2, 0.25) is 0 Å². The van der Waals surface area contributed by atoms with Crippen molar-refractivity contribution in [2.24, 2.45) is 0 Å². The van der Waals surface area contributed by atoms with E-state index in [1.54, 1.807) is 0 Å². The van der Waals surface area contributed by atoms with Gasteiger partial charge in [0, 0.05) is 27.4 Å². The lowest BCUT2D eigenvalue weighted by Crippen LogP contribution is -2.31. The number of nitrogens with one attached hydrogen (secondary N) is 1. The van der Waals surface area contributed by atoms with Gasteiger partial charge in [0.15, 0.2) is 0 Å². The topological polar surface area (TPSA) is 12.0 Å². The predicted octanol–water partition coefficient (Wildman–Crippen LogP) is 5.32. The smallest absolute Gasteiger partial charge is 0.0468 e. The Bertz CT molecular complexity index is 425. The zero-order valence-electron chi connectivity index (χ0n) is 11.5. The van der Waals surface area contributed by atoms with Crippen LogP contribution in [0.3, 0.4) is 0 Å². The monoisotopic (exact) mass is 317 g/mol. The zero-order valence-corrected chi connectivity index (χ0v) is 13.8. The van der Waals surface area contributed by atoms with Crippen molar-refractivity contribution < 1.29 is 0 Å². The van der Waals surface area contributed by atoms with E-state index < -0.39 is 0 Å². The van der Waals surface area contributed by atoms with Gasteiger partial charge in [0.25, 0.3) is 0 Å². The van der Waals surface area contributed by atoms with Crippen LogP contribution in [0.1, 0.15) is 44.2 Å². The fourth-order valence-corrected chi connectivity index (χ4v) is 4.14. The van der Waals surface area contributed by atoms with E-state index in [2.05, 4.69) is 18.5 Å². The molecule has 1 nitrogen and oxygen atoms in total. The minimum Gasteiger partial charge on any atom is -0.307 e. The van der Waals surface area contributed by atoms with E-state index in [4.69, 9.17) is 23.2 Å². The maximum Gasteiger partial charge on any atom is 0.0468 e. The highest BCUT2D eigenvalue weighted by Crippen LogP contribution is 2.32. The lowest BCUT2D eigenvalue weighted by atomic mass is 10.0. The summed E-state index contributed by atoms with van der Waals surface area (Å²) in [6, 6.07) is 6.76. The molecule has 0 aliphatic heterocycles. The molecule has 1 aromatic carbocycles. The summed E-state index contributed by atoms with van der Waals surface area (Å²) in [7, 11) is 0. The van der Waals surface area contributed by atoms with E-state index in [0.717, 1.165) is 16.7 Å². The molecule has 1 fully saturated rings. The van der Waals surface area contributed by atoms with Gasteiger partial charge in [0.05, 0.1) is 0 Å². The second-order valence-electron chi connectivity index (χ2n) is 5.16. The van der Waals surface area contributed by atoms with Crippen LogP contribution in [0.5, 0.6) is 0 Å². The Labute approximate surface area is 130 Å². The number of hydrogen-bond acceptors (Lipinski definition) is 2. The maximum atomic E-state index is 6.32. The number of halogens is 2. The summed E-state index contributed by atoms with van der Waals surface area (Å²) < 4.78 is 0. The van der Waals surface area contributed by atoms with Gasteiger partial charge in [-0.1, -0.05) is 36.2 Å². The highest BCUT2D eigenvalue weighted by atomic mass is 35.5. The second-order valence-corrected chi connectivity index (χ2v) is 7.14. The first-order valence-electron chi connectivity index (χ1n) is 6.87. The van der Waals surface area contributed by atoms with E-state index in [1.165, 1.54) is 24.8 Å². The molecule has 0 bridgehead atoms. The standard InChI is InChI=1S/C15H21Cl2NS/c1-3-15(13-7-4-10(16)8-14(13)17)18-11-5-6-12(9-11)19-2/h4,7-8,11-12,15,18H,3,5-6,9H2,1-2H3. The van der Waals surface area contributed by atoms with Gasteiger partial charge in [-0.15, -0.1) is 0 Å². The molecular formula is C15H21Cl2NS. The summed E-state index contributed by atoms with van der Waals surface area (Å²) in [5.41, 5.74) is 1.17. The van der Waals surface area contributed by atoms with Gasteiger partial charge in [-0.3, -0.25) is 0 Å². The highest BCUT2D eigenvalue weighted by Gasteiger charge is 2.26. The molecule has 3 atom stereocenters. The third-order valence-corrected chi connectivity index (χ3v) is 5.56. The molecule has 1 N–H and O–H groups in total. The molecule has 1 aliphatic carbocycles. The van der Waals surface area contributed by atoms with Crippen LogP contribution in [0.2, 0.25) is 10.0 Å². The van der Waals surface area contributed by atoms with Crippen molar-refractivity contribution in [2.75, 3.05) is 6.26 Å². The van der Waals surface area contributed by atoms with Crippen LogP contribution in [0.4, 0.5) is 0 Å². The van der Waals surface area contributed by atoms with E-state index in [0.29, 0.717) is 17.1 Å². The Hall–Kier alpha value is 0.110. The number of rotatable bonds is 5. The largest absolute Gasteiger partial charge is 0.307 e. The van der Waals surface area contributed by atoms with E-state index in [1.807, 2.05) is 30.0 Å². The van der Waals surface area contributed by atoms with Crippen molar-refractivity contribution in [3.05, 3.63) is 33.8 Å². The first kappa shape index (κ1) is 15.5. The van der Waals surface area contributed by atoms with E-state index in [-0.39, 0.29) is 0 Å². The summed E-state index contributed by atoms with van der Waals surface area (Å²) in [6.07, 6.45) is 7.11. The maximum absolute atomic E-state index is 6.32. The van der Waals surface area contributed by atoms with Crippen molar-refractivity contribution in [2.45, 2.75) is 49.9 Å². The summed E-state index contributed by atoms with van der Waals surface area (Å²) in [6.45, 7) is 2.20. The average Bonchev–Trinajstić information content (AvgIpc) is 2.84. The quantitative estimate of drug-likeness (QED) is 0.789. The third-order valence-electron chi connectivity index (χ3n) is 3.90. The van der Waals surface area contributed by atoms with Crippen LogP contribution in [-0.4, -0.2) is 17.5 Å². The Morgan fingerprint density at radius 2 is 2.16 bits per heavy atom. The van der Waals surface area contributed by atoms with Gasteiger partial charge < -0.3 is 5.32 Å². The highest BCUT2D eigenvalue weighted by molar-refractivity contribution is 7.99. The molecule has 1 saturated carbocycles. The van der Waals surface area contributed by atoms with Crippen molar-refractivity contribution in [1.29, 1.82) is 0 Å². The van der Waals surface area contributed by atoms with Crippen LogP contribution in [0, 0.1) is 0 Å². The molecule has 0 radical (unpaired) electrons. The molecule has 0 amide bonds. The minimum atomic E-state index is 0.329. The van der Waals surface area contributed by atoms with Crippen LogP contribution < -0.4 is 5.32 Å². The molecule has 4 heteroatoms. The Balaban J connectivity index is 2.04. The van der Waals surface area contributed by atoms with Gasteiger partial charge in [-0.2, -0.15) is 11.8 Å². The fourth-order valence-electron chi connectivity index (χ4n) is 2.80. The molecule has 1 aliphatic rings. The van der Waals surface area contributed by atoms with Crippen LogP contribution >= 0.6 is 35.0 Å². The SMILES string of the molecule is CCC(NC1CCC(SC)C1)c1ccc(Cl)cc1Cl. The second kappa shape index (κ2) is 7.21. The summed E-state index contributed by atoms with van der Waals surface area (Å²) >= 11 is 14.3. The Kier molecular flexibility index (Phi) is 5.88. The summed E-state index contributed by atoms with van der Waals surface area (Å²) in [5, 5.41) is 6.05. The molecule has 3 unspecified atom stereocenters. The molecular weight excluding hydrogens is 297 g/mol. The van der Waals surface area contributed by atoms with Crippen molar-refractivity contribution in [1.82, 2.24) is 5.32 Å². The Morgan fingerprint density at radius 3 is 2.74 bits per heavy atom. The average molecular weight is 318 g/mol. The number of thioether (sulfide) groups is 1. The van der Waals surface area contributed by atoms with Crippen LogP contribution in [-0.2, 0) is 0 Å². The molecule has 0 spiro atoms. The zero-order chi connectivity index (χ0) is 13.8. The lowest BCUT2D eigenvalue weighted by molar-refractivity contribution is 0.431. The molecule has 1 aromatic rings. The molecule has 19 heavy (non-hydrogen) atoms. The molecule has 0 aromatic heterocycles. The van der Waals surface area contributed by atoms with E-state index >= 15 is 0 Å². The van der Waals surface area contributed by atoms with Gasteiger partial charge in [-0.05, 0) is 49.6 Å². The first-order valence-corrected chi connectivity index (χ1v) is 8.92. The van der Waals surface area contributed by atoms with Crippen molar-refractivity contribution in [3.63, 3.8) is 0 Å². The molecule has 106 valence electrons. The van der Waals surface area contributed by atoms with Gasteiger partial charge in [0.1, 0.15) is 0 Å². The minimum absolute atomic E-state index is 0.329. The summed E-state index contributed by atoms with van der Waals surface area (Å²) in [5.74, 6) is 0. The van der Waals surface area contributed by atoms with Crippen LogP contribution in [0.15, 0.2) is 18.2 Å². The Morgan fingerprint density at radius 1 is 1.37 bits per heavy atom. The molecule has 0 saturated heterocycles. The first-order chi connectivity index (χ1) is 9.13. The number of hydrogen-bond donors (Lipinski definition) is 1. The molecule has 0 heterocycles. The lowest BCUT2D eigenvalue weighted by Gasteiger charge is -2.23.